The molecule has 0 radical (unpaired) electrons. The maximum atomic E-state index is 5.58. The quantitative estimate of drug-likeness (QED) is 0.900. The Morgan fingerprint density at radius 3 is 2.53 bits per heavy atom. The van der Waals surface area contributed by atoms with Crippen LogP contribution < -0.4 is 5.73 Å². The lowest BCUT2D eigenvalue weighted by Crippen LogP contribution is -2.03. The van der Waals surface area contributed by atoms with Crippen LogP contribution in [0.1, 0.15) is 23.1 Å². The summed E-state index contributed by atoms with van der Waals surface area (Å²) in [7, 11) is 0. The fourth-order valence-electron chi connectivity index (χ4n) is 1.80. The summed E-state index contributed by atoms with van der Waals surface area (Å²) in [5, 5.41) is 1.11. The van der Waals surface area contributed by atoms with Gasteiger partial charge in [-0.05, 0) is 25.5 Å². The maximum absolute atomic E-state index is 5.58. The number of rotatable bonds is 4. The highest BCUT2D eigenvalue weighted by atomic mass is 32.1. The molecule has 0 aliphatic rings. The minimum atomic E-state index is 0.665. The number of hydrogen-bond acceptors (Lipinski definition) is 3. The van der Waals surface area contributed by atoms with Crippen molar-refractivity contribution in [3.05, 3.63) is 40.4 Å². The van der Waals surface area contributed by atoms with E-state index in [0.29, 0.717) is 6.54 Å². The molecule has 3 heteroatoms. The van der Waals surface area contributed by atoms with E-state index < -0.39 is 0 Å². The molecule has 1 aromatic heterocycles. The Bertz CT molecular complexity index is 485. The van der Waals surface area contributed by atoms with Gasteiger partial charge in [0.1, 0.15) is 5.01 Å². The van der Waals surface area contributed by atoms with E-state index in [0.717, 1.165) is 23.5 Å². The standard InChI is InChI=1S/C14H18N2S/c1-3-11-4-6-12(7-5-11)14-16-13(8-9-15)10(2)17-14/h4-7H,3,8-9,15H2,1-2H3. The van der Waals surface area contributed by atoms with Gasteiger partial charge in [-0.3, -0.25) is 0 Å². The van der Waals surface area contributed by atoms with Crippen LogP contribution in [0.2, 0.25) is 0 Å². The van der Waals surface area contributed by atoms with Crippen molar-refractivity contribution in [1.29, 1.82) is 0 Å². The van der Waals surface area contributed by atoms with Gasteiger partial charge in [-0.2, -0.15) is 0 Å². The van der Waals surface area contributed by atoms with Crippen LogP contribution in [-0.4, -0.2) is 11.5 Å². The second-order valence-electron chi connectivity index (χ2n) is 4.11. The zero-order chi connectivity index (χ0) is 12.3. The Morgan fingerprint density at radius 1 is 1.24 bits per heavy atom. The molecule has 2 N–H and O–H groups in total. The molecule has 0 spiro atoms. The topological polar surface area (TPSA) is 38.9 Å². The van der Waals surface area contributed by atoms with Gasteiger partial charge in [-0.15, -0.1) is 11.3 Å². The monoisotopic (exact) mass is 246 g/mol. The highest BCUT2D eigenvalue weighted by Crippen LogP contribution is 2.28. The molecule has 0 unspecified atom stereocenters. The Kier molecular flexibility index (Phi) is 3.92. The van der Waals surface area contributed by atoms with Crippen LogP contribution in [-0.2, 0) is 12.8 Å². The highest BCUT2D eigenvalue weighted by Gasteiger charge is 2.08. The van der Waals surface area contributed by atoms with E-state index in [9.17, 15) is 0 Å². The van der Waals surface area contributed by atoms with Gasteiger partial charge in [-0.25, -0.2) is 4.98 Å². The fourth-order valence-corrected chi connectivity index (χ4v) is 2.77. The zero-order valence-electron chi connectivity index (χ0n) is 10.4. The number of nitrogens with zero attached hydrogens (tertiary/aromatic N) is 1. The first-order chi connectivity index (χ1) is 8.24. The van der Waals surface area contributed by atoms with Crippen molar-refractivity contribution in [2.24, 2.45) is 5.73 Å². The van der Waals surface area contributed by atoms with Gasteiger partial charge in [0.05, 0.1) is 5.69 Å². The summed E-state index contributed by atoms with van der Waals surface area (Å²) in [4.78, 5) is 5.95. The van der Waals surface area contributed by atoms with Crippen LogP contribution in [0.3, 0.4) is 0 Å². The molecule has 0 bridgehead atoms. The third-order valence-corrected chi connectivity index (χ3v) is 3.95. The van der Waals surface area contributed by atoms with E-state index in [1.54, 1.807) is 11.3 Å². The average Bonchev–Trinajstić information content (AvgIpc) is 2.72. The SMILES string of the molecule is CCc1ccc(-c2nc(CCN)c(C)s2)cc1. The van der Waals surface area contributed by atoms with E-state index in [4.69, 9.17) is 5.73 Å². The predicted octanol–water partition coefficient (Wildman–Crippen LogP) is 3.18. The molecule has 0 aliphatic heterocycles. The van der Waals surface area contributed by atoms with Crippen LogP contribution in [0.5, 0.6) is 0 Å². The fraction of sp³-hybridized carbons (Fsp3) is 0.357. The van der Waals surface area contributed by atoms with Crippen LogP contribution in [0.15, 0.2) is 24.3 Å². The Morgan fingerprint density at radius 2 is 1.94 bits per heavy atom. The summed E-state index contributed by atoms with van der Waals surface area (Å²) in [6.45, 7) is 4.95. The molecule has 0 aliphatic carbocycles. The molecule has 90 valence electrons. The molecule has 0 atom stereocenters. The molecule has 0 saturated carbocycles. The van der Waals surface area contributed by atoms with Crippen molar-refractivity contribution < 1.29 is 0 Å². The number of thiazole rings is 1. The molecular formula is C14H18N2S. The summed E-state index contributed by atoms with van der Waals surface area (Å²) in [6, 6.07) is 8.66. The van der Waals surface area contributed by atoms with E-state index in [-0.39, 0.29) is 0 Å². The third-order valence-electron chi connectivity index (χ3n) is 2.88. The van der Waals surface area contributed by atoms with Crippen molar-refractivity contribution in [1.82, 2.24) is 4.98 Å². The summed E-state index contributed by atoms with van der Waals surface area (Å²) in [5.74, 6) is 0. The molecule has 0 amide bonds. The first kappa shape index (κ1) is 12.3. The molecule has 2 aromatic rings. The minimum absolute atomic E-state index is 0.665. The van der Waals surface area contributed by atoms with Crippen molar-refractivity contribution in [3.63, 3.8) is 0 Å². The minimum Gasteiger partial charge on any atom is -0.330 e. The molecule has 0 fully saturated rings. The Hall–Kier alpha value is -1.19. The molecular weight excluding hydrogens is 228 g/mol. The second-order valence-corrected chi connectivity index (χ2v) is 5.31. The first-order valence-electron chi connectivity index (χ1n) is 6.00. The Balaban J connectivity index is 2.29. The number of hydrogen-bond donors (Lipinski definition) is 1. The summed E-state index contributed by atoms with van der Waals surface area (Å²) in [6.07, 6.45) is 1.95. The van der Waals surface area contributed by atoms with Crippen molar-refractivity contribution in [2.45, 2.75) is 26.7 Å². The van der Waals surface area contributed by atoms with Crippen LogP contribution in [0.4, 0.5) is 0 Å². The number of aromatic nitrogens is 1. The molecule has 0 saturated heterocycles. The lowest BCUT2D eigenvalue weighted by Gasteiger charge is -1.98. The van der Waals surface area contributed by atoms with Gasteiger partial charge >= 0.3 is 0 Å². The largest absolute Gasteiger partial charge is 0.330 e. The molecule has 2 rings (SSSR count). The zero-order valence-corrected chi connectivity index (χ0v) is 11.2. The highest BCUT2D eigenvalue weighted by molar-refractivity contribution is 7.15. The number of nitrogens with two attached hydrogens (primary N) is 1. The third kappa shape index (κ3) is 2.73. The average molecular weight is 246 g/mol. The van der Waals surface area contributed by atoms with Crippen LogP contribution in [0.25, 0.3) is 10.6 Å². The first-order valence-corrected chi connectivity index (χ1v) is 6.82. The van der Waals surface area contributed by atoms with E-state index in [1.165, 1.54) is 16.0 Å². The molecule has 2 nitrogen and oxygen atoms in total. The van der Waals surface area contributed by atoms with Gasteiger partial charge in [0.2, 0.25) is 0 Å². The van der Waals surface area contributed by atoms with Crippen molar-refractivity contribution in [2.75, 3.05) is 6.54 Å². The van der Waals surface area contributed by atoms with Crippen molar-refractivity contribution >= 4 is 11.3 Å². The van der Waals surface area contributed by atoms with Crippen LogP contribution in [0, 0.1) is 6.92 Å². The number of benzene rings is 1. The maximum Gasteiger partial charge on any atom is 0.123 e. The van der Waals surface area contributed by atoms with Crippen LogP contribution >= 0.6 is 11.3 Å². The Labute approximate surface area is 107 Å². The smallest absolute Gasteiger partial charge is 0.123 e. The lowest BCUT2D eigenvalue weighted by molar-refractivity contribution is 0.927. The molecule has 1 heterocycles. The van der Waals surface area contributed by atoms with Gasteiger partial charge < -0.3 is 5.73 Å². The normalized spacial score (nSPS) is 10.8. The number of aryl methyl sites for hydroxylation is 2. The lowest BCUT2D eigenvalue weighted by atomic mass is 10.1. The summed E-state index contributed by atoms with van der Waals surface area (Å²) in [5.41, 5.74) is 9.30. The van der Waals surface area contributed by atoms with Gasteiger partial charge in [0.15, 0.2) is 0 Å². The molecule has 17 heavy (non-hydrogen) atoms. The van der Waals surface area contributed by atoms with Gasteiger partial charge in [0.25, 0.3) is 0 Å². The summed E-state index contributed by atoms with van der Waals surface area (Å²) < 4.78 is 0. The van der Waals surface area contributed by atoms with E-state index >= 15 is 0 Å². The van der Waals surface area contributed by atoms with Gasteiger partial charge in [-0.1, -0.05) is 31.2 Å². The van der Waals surface area contributed by atoms with Crippen molar-refractivity contribution in [3.8, 4) is 10.6 Å². The summed E-state index contributed by atoms with van der Waals surface area (Å²) >= 11 is 1.75. The van der Waals surface area contributed by atoms with E-state index in [1.807, 2.05) is 0 Å². The molecule has 1 aromatic carbocycles. The predicted molar refractivity (Wildman–Crippen MR) is 74.4 cm³/mol. The van der Waals surface area contributed by atoms with Gasteiger partial charge in [0, 0.05) is 16.9 Å². The second kappa shape index (κ2) is 5.43. The van der Waals surface area contributed by atoms with E-state index in [2.05, 4.69) is 43.1 Å².